The lowest BCUT2D eigenvalue weighted by molar-refractivity contribution is 0.537. The highest BCUT2D eigenvalue weighted by atomic mass is 15.3. The molecule has 0 amide bonds. The van der Waals surface area contributed by atoms with Crippen molar-refractivity contribution >= 4 is 5.95 Å². The Morgan fingerprint density at radius 3 is 2.86 bits per heavy atom. The first-order valence-electron chi connectivity index (χ1n) is 4.51. The van der Waals surface area contributed by atoms with E-state index in [-0.39, 0.29) is 0 Å². The summed E-state index contributed by atoms with van der Waals surface area (Å²) in [4.78, 5) is 3.95. The Balaban J connectivity index is 1.98. The van der Waals surface area contributed by atoms with E-state index < -0.39 is 0 Å². The van der Waals surface area contributed by atoms with E-state index in [9.17, 15) is 0 Å². The molecule has 0 aliphatic carbocycles. The van der Waals surface area contributed by atoms with Crippen molar-refractivity contribution in [2.45, 2.75) is 20.0 Å². The van der Waals surface area contributed by atoms with Gasteiger partial charge in [0.2, 0.25) is 0 Å². The molecule has 0 bridgehead atoms. The van der Waals surface area contributed by atoms with Crippen LogP contribution in [0.3, 0.4) is 0 Å². The van der Waals surface area contributed by atoms with E-state index in [0.717, 1.165) is 13.1 Å². The fourth-order valence-corrected chi connectivity index (χ4v) is 1.33. The van der Waals surface area contributed by atoms with Gasteiger partial charge >= 0.3 is 0 Å². The molecule has 0 aliphatic heterocycles. The molecule has 0 saturated heterocycles. The third-order valence-electron chi connectivity index (χ3n) is 2.08. The molecule has 0 atom stereocenters. The zero-order chi connectivity index (χ0) is 9.97. The van der Waals surface area contributed by atoms with Crippen LogP contribution >= 0.6 is 0 Å². The van der Waals surface area contributed by atoms with Gasteiger partial charge in [0.05, 0.1) is 12.7 Å². The van der Waals surface area contributed by atoms with E-state index in [1.54, 1.807) is 6.20 Å². The zero-order valence-corrected chi connectivity index (χ0v) is 8.09. The fourth-order valence-electron chi connectivity index (χ4n) is 1.33. The van der Waals surface area contributed by atoms with Crippen LogP contribution in [0.4, 0.5) is 5.95 Å². The number of nitrogen functional groups attached to an aromatic ring is 1. The van der Waals surface area contributed by atoms with Gasteiger partial charge in [0, 0.05) is 25.1 Å². The number of anilines is 1. The van der Waals surface area contributed by atoms with Crippen LogP contribution < -0.4 is 5.73 Å². The molecule has 74 valence electrons. The van der Waals surface area contributed by atoms with Crippen molar-refractivity contribution in [1.29, 1.82) is 0 Å². The van der Waals surface area contributed by atoms with Gasteiger partial charge in [0.25, 0.3) is 0 Å². The van der Waals surface area contributed by atoms with Crippen molar-refractivity contribution < 1.29 is 0 Å². The molecule has 0 saturated carbocycles. The van der Waals surface area contributed by atoms with Gasteiger partial charge < -0.3 is 10.3 Å². The average molecular weight is 191 g/mol. The molecule has 0 aliphatic rings. The molecular formula is C9H13N5. The predicted molar refractivity (Wildman–Crippen MR) is 53.6 cm³/mol. The van der Waals surface area contributed by atoms with E-state index in [1.807, 2.05) is 34.8 Å². The number of hydrogen-bond donors (Lipinski definition) is 1. The zero-order valence-electron chi connectivity index (χ0n) is 8.09. The Morgan fingerprint density at radius 1 is 1.43 bits per heavy atom. The quantitative estimate of drug-likeness (QED) is 0.775. The lowest BCUT2D eigenvalue weighted by Crippen LogP contribution is -2.09. The maximum Gasteiger partial charge on any atom is 0.200 e. The highest BCUT2D eigenvalue weighted by Crippen LogP contribution is 2.00. The number of imidazole rings is 1. The molecule has 2 N–H and O–H groups in total. The first-order valence-corrected chi connectivity index (χ1v) is 4.51. The average Bonchev–Trinajstić information content (AvgIpc) is 2.72. The Hall–Kier alpha value is -1.78. The molecule has 2 aromatic heterocycles. The number of nitrogens with two attached hydrogens (primary N) is 1. The van der Waals surface area contributed by atoms with E-state index in [0.29, 0.717) is 5.95 Å². The van der Waals surface area contributed by atoms with Crippen LogP contribution in [-0.4, -0.2) is 19.3 Å². The Morgan fingerprint density at radius 2 is 2.29 bits per heavy atom. The minimum absolute atomic E-state index is 0.550. The topological polar surface area (TPSA) is 61.7 Å². The second-order valence-corrected chi connectivity index (χ2v) is 3.26. The van der Waals surface area contributed by atoms with E-state index in [2.05, 4.69) is 10.1 Å². The highest BCUT2D eigenvalue weighted by Gasteiger charge is 1.98. The van der Waals surface area contributed by atoms with Crippen molar-refractivity contribution in [2.24, 2.45) is 0 Å². The summed E-state index contributed by atoms with van der Waals surface area (Å²) < 4.78 is 3.80. The molecule has 0 spiro atoms. The third kappa shape index (κ3) is 1.76. The summed E-state index contributed by atoms with van der Waals surface area (Å²) in [6.07, 6.45) is 7.42. The number of hydrogen-bond acceptors (Lipinski definition) is 3. The van der Waals surface area contributed by atoms with Gasteiger partial charge in [-0.15, -0.1) is 0 Å². The van der Waals surface area contributed by atoms with Gasteiger partial charge in [0.15, 0.2) is 5.95 Å². The second kappa shape index (κ2) is 3.53. The number of aromatic nitrogens is 4. The molecule has 2 aromatic rings. The summed E-state index contributed by atoms with van der Waals surface area (Å²) in [5.41, 5.74) is 6.80. The molecule has 5 nitrogen and oxygen atoms in total. The van der Waals surface area contributed by atoms with E-state index in [4.69, 9.17) is 5.73 Å². The number of nitrogens with zero attached hydrogens (tertiary/aromatic N) is 4. The van der Waals surface area contributed by atoms with Crippen LogP contribution in [0.25, 0.3) is 0 Å². The smallest absolute Gasteiger partial charge is 0.200 e. The lowest BCUT2D eigenvalue weighted by atomic mass is 10.4. The summed E-state index contributed by atoms with van der Waals surface area (Å²) >= 11 is 0. The standard InChI is InChI=1S/C9H13N5/c1-8-6-12-14(7-8)5-4-13-3-2-11-9(13)10/h2-3,6-7H,4-5H2,1H3,(H2,10,11). The molecule has 14 heavy (non-hydrogen) atoms. The van der Waals surface area contributed by atoms with E-state index in [1.165, 1.54) is 5.56 Å². The highest BCUT2D eigenvalue weighted by molar-refractivity contribution is 5.16. The number of rotatable bonds is 3. The SMILES string of the molecule is Cc1cnn(CCn2ccnc2N)c1. The van der Waals surface area contributed by atoms with Gasteiger partial charge in [-0.2, -0.15) is 5.10 Å². The van der Waals surface area contributed by atoms with Crippen LogP contribution in [0.1, 0.15) is 5.56 Å². The summed E-state index contributed by atoms with van der Waals surface area (Å²) in [6.45, 7) is 3.64. The van der Waals surface area contributed by atoms with Gasteiger partial charge in [-0.1, -0.05) is 0 Å². The van der Waals surface area contributed by atoms with E-state index >= 15 is 0 Å². The fraction of sp³-hybridized carbons (Fsp3) is 0.333. The summed E-state index contributed by atoms with van der Waals surface area (Å²) in [5, 5.41) is 4.19. The maximum absolute atomic E-state index is 5.63. The molecule has 5 heteroatoms. The van der Waals surface area contributed by atoms with Crippen molar-refractivity contribution in [3.8, 4) is 0 Å². The first-order chi connectivity index (χ1) is 6.75. The normalized spacial score (nSPS) is 10.6. The van der Waals surface area contributed by atoms with Gasteiger partial charge in [-0.25, -0.2) is 4.98 Å². The Bertz CT molecular complexity index is 414. The summed E-state index contributed by atoms with van der Waals surface area (Å²) in [7, 11) is 0. The minimum atomic E-state index is 0.550. The van der Waals surface area contributed by atoms with Crippen molar-refractivity contribution in [3.63, 3.8) is 0 Å². The third-order valence-corrected chi connectivity index (χ3v) is 2.08. The van der Waals surface area contributed by atoms with Crippen LogP contribution in [-0.2, 0) is 13.1 Å². The summed E-state index contributed by atoms with van der Waals surface area (Å²) in [6, 6.07) is 0. The van der Waals surface area contributed by atoms with Gasteiger partial charge in [-0.05, 0) is 12.5 Å². The Labute approximate surface area is 82.2 Å². The molecular weight excluding hydrogens is 178 g/mol. The molecule has 2 heterocycles. The predicted octanol–water partition coefficient (Wildman–Crippen LogP) is 0.670. The summed E-state index contributed by atoms with van der Waals surface area (Å²) in [5.74, 6) is 0.550. The van der Waals surface area contributed by atoms with Gasteiger partial charge in [-0.3, -0.25) is 4.68 Å². The first kappa shape index (κ1) is 8.80. The lowest BCUT2D eigenvalue weighted by Gasteiger charge is -2.04. The van der Waals surface area contributed by atoms with Crippen molar-refractivity contribution in [1.82, 2.24) is 19.3 Å². The second-order valence-electron chi connectivity index (χ2n) is 3.26. The molecule has 0 fully saturated rings. The molecule has 2 rings (SSSR count). The van der Waals surface area contributed by atoms with Crippen LogP contribution in [0.5, 0.6) is 0 Å². The van der Waals surface area contributed by atoms with Crippen LogP contribution in [0.15, 0.2) is 24.8 Å². The Kier molecular flexibility index (Phi) is 2.22. The molecule has 0 aromatic carbocycles. The molecule has 0 unspecified atom stereocenters. The van der Waals surface area contributed by atoms with Crippen LogP contribution in [0, 0.1) is 6.92 Å². The minimum Gasteiger partial charge on any atom is -0.369 e. The van der Waals surface area contributed by atoms with Crippen molar-refractivity contribution in [3.05, 3.63) is 30.4 Å². The van der Waals surface area contributed by atoms with Crippen molar-refractivity contribution in [2.75, 3.05) is 5.73 Å². The molecule has 0 radical (unpaired) electrons. The maximum atomic E-state index is 5.63. The largest absolute Gasteiger partial charge is 0.369 e. The monoisotopic (exact) mass is 191 g/mol. The number of aryl methyl sites for hydroxylation is 3. The van der Waals surface area contributed by atoms with Gasteiger partial charge in [0.1, 0.15) is 0 Å². The van der Waals surface area contributed by atoms with Crippen LogP contribution in [0.2, 0.25) is 0 Å².